The van der Waals surface area contributed by atoms with Crippen LogP contribution in [-0.2, 0) is 10.0 Å². The van der Waals surface area contributed by atoms with Crippen LogP contribution in [0.25, 0.3) is 9.40 Å². The number of rotatable bonds is 2. The molecule has 0 bridgehead atoms. The molecule has 14 heavy (non-hydrogen) atoms. The second-order valence-electron chi connectivity index (χ2n) is 2.61. The molecular weight excluding hydrogens is 242 g/mol. The fourth-order valence-electron chi connectivity index (χ4n) is 1.03. The average Bonchev–Trinajstić information content (AvgIpc) is 2.56. The minimum absolute atomic E-state index is 0.135. The molecule has 0 atom stereocenters. The van der Waals surface area contributed by atoms with E-state index in [2.05, 4.69) is 0 Å². The van der Waals surface area contributed by atoms with Gasteiger partial charge in [0.1, 0.15) is 4.21 Å². The number of fused-ring (bicyclic) bond motifs is 1. The van der Waals surface area contributed by atoms with Crippen LogP contribution < -0.4 is 5.14 Å². The van der Waals surface area contributed by atoms with E-state index < -0.39 is 10.0 Å². The van der Waals surface area contributed by atoms with Crippen molar-refractivity contribution in [1.82, 2.24) is 0 Å². The lowest BCUT2D eigenvalue weighted by molar-refractivity contribution is 0.112. The number of aldehydes is 1. The van der Waals surface area contributed by atoms with Crippen molar-refractivity contribution >= 4 is 48.4 Å². The largest absolute Gasteiger partial charge is 0.297 e. The van der Waals surface area contributed by atoms with E-state index in [1.807, 2.05) is 0 Å². The smallest absolute Gasteiger partial charge is 0.247 e. The summed E-state index contributed by atoms with van der Waals surface area (Å²) < 4.78 is 23.6. The summed E-state index contributed by atoms with van der Waals surface area (Å²) in [4.78, 5) is 11.0. The Hall–Kier alpha value is -0.760. The molecule has 2 rings (SSSR count). The number of hydrogen-bond donors (Lipinski definition) is 1. The maximum atomic E-state index is 11.0. The van der Waals surface area contributed by atoms with Gasteiger partial charge in [-0.05, 0) is 12.1 Å². The molecule has 0 radical (unpaired) electrons. The van der Waals surface area contributed by atoms with Gasteiger partial charge < -0.3 is 0 Å². The molecule has 0 saturated heterocycles. The Morgan fingerprint density at radius 1 is 1.21 bits per heavy atom. The minimum atomic E-state index is -3.62. The third kappa shape index (κ3) is 1.59. The number of thiophene rings is 2. The van der Waals surface area contributed by atoms with Crippen LogP contribution >= 0.6 is 22.7 Å². The van der Waals surface area contributed by atoms with Gasteiger partial charge in [0.05, 0.1) is 4.88 Å². The molecule has 0 unspecified atom stereocenters. The van der Waals surface area contributed by atoms with E-state index in [1.54, 1.807) is 6.07 Å². The maximum Gasteiger partial charge on any atom is 0.247 e. The van der Waals surface area contributed by atoms with Gasteiger partial charge in [0.2, 0.25) is 10.0 Å². The van der Waals surface area contributed by atoms with Gasteiger partial charge in [0.15, 0.2) is 6.29 Å². The number of sulfonamides is 1. The molecule has 0 saturated carbocycles. The molecule has 0 aliphatic rings. The second kappa shape index (κ2) is 3.13. The molecule has 4 nitrogen and oxygen atoms in total. The highest BCUT2D eigenvalue weighted by Gasteiger charge is 2.14. The first kappa shape index (κ1) is 9.78. The number of carbonyl (C=O) groups excluding carboxylic acids is 1. The highest BCUT2D eigenvalue weighted by molar-refractivity contribution is 7.91. The Bertz CT molecular complexity index is 561. The van der Waals surface area contributed by atoms with Crippen LogP contribution in [0.4, 0.5) is 0 Å². The van der Waals surface area contributed by atoms with E-state index in [-0.39, 0.29) is 4.21 Å². The summed E-state index contributed by atoms with van der Waals surface area (Å²) in [5.41, 5.74) is 0. The molecule has 0 aliphatic heterocycles. The van der Waals surface area contributed by atoms with Crippen LogP contribution in [0, 0.1) is 0 Å². The van der Waals surface area contributed by atoms with E-state index in [9.17, 15) is 13.2 Å². The zero-order valence-corrected chi connectivity index (χ0v) is 9.21. The summed E-state index contributed by atoms with van der Waals surface area (Å²) in [6.07, 6.45) is 0.744. The quantitative estimate of drug-likeness (QED) is 0.815. The van der Waals surface area contributed by atoms with Crippen molar-refractivity contribution in [2.24, 2.45) is 5.14 Å². The summed E-state index contributed by atoms with van der Waals surface area (Å²) >= 11 is 2.34. The van der Waals surface area contributed by atoms with Crippen molar-refractivity contribution in [2.45, 2.75) is 4.21 Å². The van der Waals surface area contributed by atoms with E-state index in [1.165, 1.54) is 17.4 Å². The van der Waals surface area contributed by atoms with Gasteiger partial charge in [-0.3, -0.25) is 4.79 Å². The van der Waals surface area contributed by atoms with E-state index in [0.29, 0.717) is 4.88 Å². The van der Waals surface area contributed by atoms with Crippen LogP contribution in [0.1, 0.15) is 9.67 Å². The Morgan fingerprint density at radius 3 is 2.36 bits per heavy atom. The first-order valence-corrected chi connectivity index (χ1v) is 6.70. The summed E-state index contributed by atoms with van der Waals surface area (Å²) in [6, 6.07) is 3.15. The SMILES string of the molecule is NS(=O)(=O)c1cc2sc(C=O)cc2s1. The number of nitrogens with two attached hydrogens (primary N) is 1. The van der Waals surface area contributed by atoms with Crippen molar-refractivity contribution in [3.8, 4) is 0 Å². The Labute approximate surface area is 88.0 Å². The van der Waals surface area contributed by atoms with Crippen LogP contribution in [0.15, 0.2) is 16.3 Å². The Balaban J connectivity index is 2.66. The van der Waals surface area contributed by atoms with Gasteiger partial charge >= 0.3 is 0 Å². The first-order valence-electron chi connectivity index (χ1n) is 3.52. The molecule has 0 aromatic carbocycles. The van der Waals surface area contributed by atoms with Crippen molar-refractivity contribution in [3.63, 3.8) is 0 Å². The van der Waals surface area contributed by atoms with Gasteiger partial charge in [-0.2, -0.15) is 0 Å². The second-order valence-corrected chi connectivity index (χ2v) is 6.59. The number of hydrogen-bond acceptors (Lipinski definition) is 5. The predicted molar refractivity (Wildman–Crippen MR) is 56.5 cm³/mol. The lowest BCUT2D eigenvalue weighted by Gasteiger charge is -1.87. The third-order valence-electron chi connectivity index (χ3n) is 1.60. The van der Waals surface area contributed by atoms with Crippen LogP contribution in [0.5, 0.6) is 0 Å². The van der Waals surface area contributed by atoms with Crippen molar-refractivity contribution < 1.29 is 13.2 Å². The topological polar surface area (TPSA) is 77.2 Å². The van der Waals surface area contributed by atoms with E-state index in [0.717, 1.165) is 27.0 Å². The molecule has 74 valence electrons. The first-order chi connectivity index (χ1) is 6.50. The van der Waals surface area contributed by atoms with Gasteiger partial charge in [-0.25, -0.2) is 13.6 Å². The number of carbonyl (C=O) groups is 1. The highest BCUT2D eigenvalue weighted by atomic mass is 32.2. The van der Waals surface area contributed by atoms with Crippen molar-refractivity contribution in [2.75, 3.05) is 0 Å². The lowest BCUT2D eigenvalue weighted by Crippen LogP contribution is -2.09. The maximum absolute atomic E-state index is 11.0. The van der Waals surface area contributed by atoms with Gasteiger partial charge in [0, 0.05) is 9.40 Å². The minimum Gasteiger partial charge on any atom is -0.297 e. The van der Waals surface area contributed by atoms with Gasteiger partial charge in [-0.15, -0.1) is 22.7 Å². The summed E-state index contributed by atoms with van der Waals surface area (Å²) in [5.74, 6) is 0. The highest BCUT2D eigenvalue weighted by Crippen LogP contribution is 2.34. The van der Waals surface area contributed by atoms with Crippen LogP contribution in [0.2, 0.25) is 0 Å². The van der Waals surface area contributed by atoms with Gasteiger partial charge in [0.25, 0.3) is 0 Å². The Morgan fingerprint density at radius 2 is 1.86 bits per heavy atom. The molecule has 2 aromatic rings. The van der Waals surface area contributed by atoms with E-state index >= 15 is 0 Å². The molecule has 0 amide bonds. The monoisotopic (exact) mass is 247 g/mol. The third-order valence-corrected chi connectivity index (χ3v) is 5.24. The fourth-order valence-corrected chi connectivity index (χ4v) is 4.07. The van der Waals surface area contributed by atoms with Gasteiger partial charge in [-0.1, -0.05) is 0 Å². The average molecular weight is 247 g/mol. The van der Waals surface area contributed by atoms with E-state index in [4.69, 9.17) is 5.14 Å². The summed E-state index contributed by atoms with van der Waals surface area (Å²) in [5, 5.41) is 4.97. The molecule has 0 fully saturated rings. The zero-order chi connectivity index (χ0) is 10.3. The zero-order valence-electron chi connectivity index (χ0n) is 6.76. The predicted octanol–water partition coefficient (Wildman–Crippen LogP) is 1.42. The molecule has 0 aliphatic carbocycles. The molecule has 7 heteroatoms. The summed E-state index contributed by atoms with van der Waals surface area (Å²) in [6.45, 7) is 0. The fraction of sp³-hybridized carbons (Fsp3) is 0. The molecule has 2 heterocycles. The van der Waals surface area contributed by atoms with Crippen molar-refractivity contribution in [3.05, 3.63) is 17.0 Å². The summed E-state index contributed by atoms with van der Waals surface area (Å²) in [7, 11) is -3.62. The normalized spacial score (nSPS) is 12.1. The Kier molecular flexibility index (Phi) is 2.18. The number of primary sulfonamides is 1. The van der Waals surface area contributed by atoms with Crippen molar-refractivity contribution in [1.29, 1.82) is 0 Å². The molecule has 2 aromatic heterocycles. The molecule has 0 spiro atoms. The molecular formula is C7H5NO3S3. The standard InChI is InChI=1S/C7H5NO3S3/c8-14(10,11)7-2-6-5(13-7)1-4(3-9)12-6/h1-3H,(H2,8,10,11). The molecule has 2 N–H and O–H groups in total. The van der Waals surface area contributed by atoms with Crippen LogP contribution in [0.3, 0.4) is 0 Å². The van der Waals surface area contributed by atoms with Crippen LogP contribution in [-0.4, -0.2) is 14.7 Å². The lowest BCUT2D eigenvalue weighted by atomic mass is 10.5.